The van der Waals surface area contributed by atoms with Crippen LogP contribution < -0.4 is 14.8 Å². The van der Waals surface area contributed by atoms with Gasteiger partial charge in [-0.3, -0.25) is 9.78 Å². The Morgan fingerprint density at radius 2 is 1.84 bits per heavy atom. The summed E-state index contributed by atoms with van der Waals surface area (Å²) in [6, 6.07) is 19.2. The number of carbonyl (C=O) groups excluding carboxylic acids is 1. The lowest BCUT2D eigenvalue weighted by molar-refractivity contribution is 0.0953. The molecule has 0 aliphatic carbocycles. The Labute approximate surface area is 187 Å². The average Bonchev–Trinajstić information content (AvgIpc) is 3.19. The van der Waals surface area contributed by atoms with Crippen molar-refractivity contribution in [2.45, 2.75) is 19.4 Å². The van der Waals surface area contributed by atoms with Crippen molar-refractivity contribution in [3.63, 3.8) is 0 Å². The standard InChI is InChI=1S/C25H26N4O3/c1-31-22-11-4-5-12-23(22)32-17-7-16-29-21-10-3-2-9-20(21)28-24(29)13-15-27-25(30)19-8-6-14-26-18-19/h2-6,8-12,14,18H,7,13,15-17H2,1H3,(H,27,30). The zero-order chi connectivity index (χ0) is 22.2. The fourth-order valence-electron chi connectivity index (χ4n) is 3.60. The number of para-hydroxylation sites is 4. The van der Waals surface area contributed by atoms with E-state index in [1.54, 1.807) is 31.6 Å². The first-order chi connectivity index (χ1) is 15.8. The van der Waals surface area contributed by atoms with Crippen molar-refractivity contribution in [2.75, 3.05) is 20.3 Å². The second-order valence-corrected chi connectivity index (χ2v) is 7.27. The van der Waals surface area contributed by atoms with Crippen molar-refractivity contribution >= 4 is 16.9 Å². The molecule has 4 aromatic rings. The number of rotatable bonds is 10. The molecule has 32 heavy (non-hydrogen) atoms. The maximum atomic E-state index is 12.3. The van der Waals surface area contributed by atoms with Gasteiger partial charge in [-0.15, -0.1) is 0 Å². The number of benzene rings is 2. The van der Waals surface area contributed by atoms with Gasteiger partial charge in [-0.05, 0) is 42.8 Å². The monoisotopic (exact) mass is 430 g/mol. The highest BCUT2D eigenvalue weighted by Gasteiger charge is 2.12. The van der Waals surface area contributed by atoms with Crippen LogP contribution in [0.1, 0.15) is 22.6 Å². The number of amides is 1. The number of methoxy groups -OCH3 is 1. The lowest BCUT2D eigenvalue weighted by atomic mass is 10.2. The molecule has 0 radical (unpaired) electrons. The molecule has 0 saturated carbocycles. The summed E-state index contributed by atoms with van der Waals surface area (Å²) in [5.74, 6) is 2.27. The van der Waals surface area contributed by atoms with Crippen molar-refractivity contribution in [1.82, 2.24) is 19.9 Å². The van der Waals surface area contributed by atoms with E-state index in [1.807, 2.05) is 42.5 Å². The van der Waals surface area contributed by atoms with Crippen LogP contribution >= 0.6 is 0 Å². The third-order valence-corrected chi connectivity index (χ3v) is 5.14. The van der Waals surface area contributed by atoms with E-state index >= 15 is 0 Å². The van der Waals surface area contributed by atoms with Gasteiger partial charge in [0.2, 0.25) is 0 Å². The number of imidazole rings is 1. The molecular formula is C25H26N4O3. The predicted octanol–water partition coefficient (Wildman–Crippen LogP) is 3.88. The van der Waals surface area contributed by atoms with Gasteiger partial charge in [-0.2, -0.15) is 0 Å². The molecule has 1 N–H and O–H groups in total. The molecule has 7 heteroatoms. The van der Waals surface area contributed by atoms with E-state index < -0.39 is 0 Å². The first kappa shape index (κ1) is 21.4. The number of hydrogen-bond donors (Lipinski definition) is 1. The minimum atomic E-state index is -0.133. The maximum Gasteiger partial charge on any atom is 0.252 e. The zero-order valence-corrected chi connectivity index (χ0v) is 18.0. The summed E-state index contributed by atoms with van der Waals surface area (Å²) in [6.45, 7) is 1.82. The lowest BCUT2D eigenvalue weighted by Crippen LogP contribution is -2.26. The molecule has 7 nitrogen and oxygen atoms in total. The van der Waals surface area contributed by atoms with Crippen molar-refractivity contribution in [2.24, 2.45) is 0 Å². The van der Waals surface area contributed by atoms with Crippen molar-refractivity contribution in [3.8, 4) is 11.5 Å². The zero-order valence-electron chi connectivity index (χ0n) is 18.0. The fourth-order valence-corrected chi connectivity index (χ4v) is 3.60. The van der Waals surface area contributed by atoms with E-state index in [4.69, 9.17) is 14.5 Å². The SMILES string of the molecule is COc1ccccc1OCCCn1c(CCNC(=O)c2cccnc2)nc2ccccc21. The highest BCUT2D eigenvalue weighted by Crippen LogP contribution is 2.26. The summed E-state index contributed by atoms with van der Waals surface area (Å²) >= 11 is 0. The molecule has 0 spiro atoms. The second kappa shape index (κ2) is 10.4. The Kier molecular flexibility index (Phi) is 6.97. The van der Waals surface area contributed by atoms with Gasteiger partial charge in [0.05, 0.1) is 30.3 Å². The van der Waals surface area contributed by atoms with Crippen molar-refractivity contribution in [3.05, 3.63) is 84.4 Å². The van der Waals surface area contributed by atoms with E-state index in [9.17, 15) is 4.79 Å². The minimum Gasteiger partial charge on any atom is -0.493 e. The van der Waals surface area contributed by atoms with Crippen LogP contribution in [0, 0.1) is 0 Å². The second-order valence-electron chi connectivity index (χ2n) is 7.27. The normalized spacial score (nSPS) is 10.8. The van der Waals surface area contributed by atoms with E-state index in [0.29, 0.717) is 25.1 Å². The van der Waals surface area contributed by atoms with Crippen molar-refractivity contribution in [1.29, 1.82) is 0 Å². The Hall–Kier alpha value is -3.87. The summed E-state index contributed by atoms with van der Waals surface area (Å²) in [5.41, 5.74) is 2.58. The molecule has 2 aromatic carbocycles. The molecule has 0 atom stereocenters. The van der Waals surface area contributed by atoms with Gasteiger partial charge in [-0.25, -0.2) is 4.98 Å². The number of nitrogens with one attached hydrogen (secondary N) is 1. The van der Waals surface area contributed by atoms with Gasteiger partial charge < -0.3 is 19.4 Å². The van der Waals surface area contributed by atoms with E-state index in [0.717, 1.165) is 41.3 Å². The van der Waals surface area contributed by atoms with E-state index in [2.05, 4.69) is 20.9 Å². The quantitative estimate of drug-likeness (QED) is 0.386. The number of pyridine rings is 1. The van der Waals surface area contributed by atoms with Gasteiger partial charge in [0.25, 0.3) is 5.91 Å². The molecular weight excluding hydrogens is 404 g/mol. The highest BCUT2D eigenvalue weighted by atomic mass is 16.5. The number of carbonyl (C=O) groups is 1. The Morgan fingerprint density at radius 1 is 1.03 bits per heavy atom. The molecule has 0 aliphatic rings. The Balaban J connectivity index is 1.38. The van der Waals surface area contributed by atoms with Crippen LogP contribution in [-0.2, 0) is 13.0 Å². The molecule has 0 fully saturated rings. The van der Waals surface area contributed by atoms with Crippen LogP contribution in [0.4, 0.5) is 0 Å². The molecule has 1 amide bonds. The van der Waals surface area contributed by atoms with Gasteiger partial charge in [0, 0.05) is 31.9 Å². The van der Waals surface area contributed by atoms with Gasteiger partial charge in [0.1, 0.15) is 5.82 Å². The molecule has 0 aliphatic heterocycles. The highest BCUT2D eigenvalue weighted by molar-refractivity contribution is 5.93. The third-order valence-electron chi connectivity index (χ3n) is 5.14. The molecule has 4 rings (SSSR count). The van der Waals surface area contributed by atoms with Crippen LogP contribution in [0.2, 0.25) is 0 Å². The Morgan fingerprint density at radius 3 is 2.66 bits per heavy atom. The summed E-state index contributed by atoms with van der Waals surface area (Å²) < 4.78 is 13.5. The predicted molar refractivity (Wildman–Crippen MR) is 123 cm³/mol. The molecule has 0 saturated heterocycles. The molecule has 164 valence electrons. The van der Waals surface area contributed by atoms with Crippen LogP contribution in [0.15, 0.2) is 73.1 Å². The Bertz CT molecular complexity index is 1170. The van der Waals surface area contributed by atoms with Crippen molar-refractivity contribution < 1.29 is 14.3 Å². The smallest absolute Gasteiger partial charge is 0.252 e. The summed E-state index contributed by atoms with van der Waals surface area (Å²) in [4.78, 5) is 21.1. The molecule has 0 unspecified atom stereocenters. The first-order valence-corrected chi connectivity index (χ1v) is 10.6. The number of nitrogens with zero attached hydrogens (tertiary/aromatic N) is 3. The summed E-state index contributed by atoms with van der Waals surface area (Å²) in [7, 11) is 1.64. The first-order valence-electron chi connectivity index (χ1n) is 10.6. The number of aryl methyl sites for hydroxylation is 1. The van der Waals surface area contributed by atoms with E-state index in [-0.39, 0.29) is 5.91 Å². The average molecular weight is 431 g/mol. The number of aromatic nitrogens is 3. The number of ether oxygens (including phenoxy) is 2. The third kappa shape index (κ3) is 5.06. The van der Waals surface area contributed by atoms with Crippen LogP contribution in [0.5, 0.6) is 11.5 Å². The van der Waals surface area contributed by atoms with E-state index in [1.165, 1.54) is 0 Å². The van der Waals surface area contributed by atoms with Crippen LogP contribution in [0.25, 0.3) is 11.0 Å². The lowest BCUT2D eigenvalue weighted by Gasteiger charge is -2.12. The van der Waals surface area contributed by atoms with Crippen LogP contribution in [-0.4, -0.2) is 40.7 Å². The largest absolute Gasteiger partial charge is 0.493 e. The summed E-state index contributed by atoms with van der Waals surface area (Å²) in [6.07, 6.45) is 4.66. The molecule has 0 bridgehead atoms. The summed E-state index contributed by atoms with van der Waals surface area (Å²) in [5, 5.41) is 2.95. The maximum absolute atomic E-state index is 12.3. The van der Waals surface area contributed by atoms with Gasteiger partial charge >= 0.3 is 0 Å². The van der Waals surface area contributed by atoms with Gasteiger partial charge in [0.15, 0.2) is 11.5 Å². The van der Waals surface area contributed by atoms with Gasteiger partial charge in [-0.1, -0.05) is 24.3 Å². The topological polar surface area (TPSA) is 78.3 Å². The fraction of sp³-hybridized carbons (Fsp3) is 0.240. The number of hydrogen-bond acceptors (Lipinski definition) is 5. The molecule has 2 aromatic heterocycles. The van der Waals surface area contributed by atoms with Crippen LogP contribution in [0.3, 0.4) is 0 Å². The minimum absolute atomic E-state index is 0.133. The molecule has 2 heterocycles. The number of fused-ring (bicyclic) bond motifs is 1.